The number of hydrogen-bond acceptors (Lipinski definition) is 6. The van der Waals surface area contributed by atoms with Gasteiger partial charge in [-0.1, -0.05) is 6.07 Å². The molecule has 0 heterocycles. The zero-order valence-corrected chi connectivity index (χ0v) is 19.4. The Balaban J connectivity index is 1.60. The number of carbonyl (C=O) groups is 1. The van der Waals surface area contributed by atoms with Crippen LogP contribution in [0.2, 0.25) is 0 Å². The van der Waals surface area contributed by atoms with E-state index in [-0.39, 0.29) is 10.8 Å². The molecule has 0 bridgehead atoms. The monoisotopic (exact) mass is 470 g/mol. The molecule has 1 amide bonds. The molecule has 0 aliphatic heterocycles. The predicted octanol–water partition coefficient (Wildman–Crippen LogP) is 4.30. The molecule has 1 atom stereocenters. The summed E-state index contributed by atoms with van der Waals surface area (Å²) < 4.78 is 44.0. The van der Waals surface area contributed by atoms with Crippen molar-refractivity contribution >= 4 is 27.3 Å². The zero-order valence-electron chi connectivity index (χ0n) is 18.6. The molecular formula is C24H26N2O6S. The summed E-state index contributed by atoms with van der Waals surface area (Å²) in [5, 5.41) is 2.71. The summed E-state index contributed by atoms with van der Waals surface area (Å²) in [4.78, 5) is 12.5. The molecular weight excluding hydrogens is 444 g/mol. The van der Waals surface area contributed by atoms with Gasteiger partial charge in [0.15, 0.2) is 6.10 Å². The average molecular weight is 471 g/mol. The number of nitrogens with one attached hydrogen (secondary N) is 2. The van der Waals surface area contributed by atoms with Crippen molar-refractivity contribution in [2.45, 2.75) is 24.8 Å². The van der Waals surface area contributed by atoms with Crippen LogP contribution in [0.5, 0.6) is 17.2 Å². The number of carbonyl (C=O) groups excluding carboxylic acids is 1. The van der Waals surface area contributed by atoms with Gasteiger partial charge in [0.25, 0.3) is 15.9 Å². The van der Waals surface area contributed by atoms with Crippen molar-refractivity contribution in [2.75, 3.05) is 23.8 Å². The second kappa shape index (κ2) is 10.7. The lowest BCUT2D eigenvalue weighted by atomic mass is 10.3. The quantitative estimate of drug-likeness (QED) is 0.458. The van der Waals surface area contributed by atoms with E-state index in [2.05, 4.69) is 10.0 Å². The molecule has 0 aliphatic carbocycles. The van der Waals surface area contributed by atoms with Crippen LogP contribution < -0.4 is 24.2 Å². The van der Waals surface area contributed by atoms with E-state index in [4.69, 9.17) is 14.2 Å². The topological polar surface area (TPSA) is 103 Å². The van der Waals surface area contributed by atoms with Gasteiger partial charge in [0.05, 0.1) is 18.6 Å². The van der Waals surface area contributed by atoms with Gasteiger partial charge in [-0.15, -0.1) is 0 Å². The van der Waals surface area contributed by atoms with Gasteiger partial charge in [0, 0.05) is 17.4 Å². The summed E-state index contributed by atoms with van der Waals surface area (Å²) in [6.45, 7) is 4.02. The molecule has 9 heteroatoms. The molecule has 0 saturated carbocycles. The van der Waals surface area contributed by atoms with E-state index in [9.17, 15) is 13.2 Å². The fourth-order valence-corrected chi connectivity index (χ4v) is 3.95. The molecule has 0 aromatic heterocycles. The first-order valence-corrected chi connectivity index (χ1v) is 11.8. The maximum Gasteiger partial charge on any atom is 0.265 e. The Hall–Kier alpha value is -3.72. The van der Waals surface area contributed by atoms with Gasteiger partial charge in [0.2, 0.25) is 0 Å². The van der Waals surface area contributed by atoms with Gasteiger partial charge in [-0.3, -0.25) is 9.52 Å². The Morgan fingerprint density at radius 2 is 1.55 bits per heavy atom. The molecule has 0 radical (unpaired) electrons. The highest BCUT2D eigenvalue weighted by Gasteiger charge is 2.17. The van der Waals surface area contributed by atoms with Crippen molar-refractivity contribution < 1.29 is 27.4 Å². The van der Waals surface area contributed by atoms with Crippen molar-refractivity contribution in [2.24, 2.45) is 0 Å². The average Bonchev–Trinajstić information content (AvgIpc) is 2.81. The molecule has 33 heavy (non-hydrogen) atoms. The number of amides is 1. The van der Waals surface area contributed by atoms with Crippen molar-refractivity contribution in [1.82, 2.24) is 0 Å². The maximum atomic E-state index is 12.6. The van der Waals surface area contributed by atoms with Crippen LogP contribution in [0.1, 0.15) is 13.8 Å². The van der Waals surface area contributed by atoms with Crippen LogP contribution in [0.25, 0.3) is 0 Å². The highest BCUT2D eigenvalue weighted by Crippen LogP contribution is 2.22. The number of anilines is 2. The smallest absolute Gasteiger partial charge is 0.265 e. The van der Waals surface area contributed by atoms with Crippen LogP contribution in [-0.2, 0) is 14.8 Å². The summed E-state index contributed by atoms with van der Waals surface area (Å²) in [6.07, 6.45) is -0.776. The summed E-state index contributed by atoms with van der Waals surface area (Å²) in [6, 6.07) is 19.4. The number of rotatable bonds is 10. The van der Waals surface area contributed by atoms with Gasteiger partial charge in [-0.2, -0.15) is 0 Å². The maximum absolute atomic E-state index is 12.6. The third-order valence-electron chi connectivity index (χ3n) is 4.57. The van der Waals surface area contributed by atoms with E-state index >= 15 is 0 Å². The number of ether oxygens (including phenoxy) is 3. The number of benzene rings is 3. The summed E-state index contributed by atoms with van der Waals surface area (Å²) >= 11 is 0. The van der Waals surface area contributed by atoms with Crippen LogP contribution in [0.4, 0.5) is 11.4 Å². The van der Waals surface area contributed by atoms with Crippen LogP contribution in [0.15, 0.2) is 77.7 Å². The molecule has 0 aliphatic rings. The Morgan fingerprint density at radius 1 is 0.909 bits per heavy atom. The molecule has 0 spiro atoms. The lowest BCUT2D eigenvalue weighted by Gasteiger charge is -2.15. The highest BCUT2D eigenvalue weighted by molar-refractivity contribution is 7.92. The molecule has 2 N–H and O–H groups in total. The number of methoxy groups -OCH3 is 1. The van der Waals surface area contributed by atoms with Gasteiger partial charge >= 0.3 is 0 Å². The zero-order chi connectivity index (χ0) is 23.8. The summed E-state index contributed by atoms with van der Waals surface area (Å²) in [5.41, 5.74) is 0.862. The Labute approximate surface area is 193 Å². The minimum Gasteiger partial charge on any atom is -0.497 e. The predicted molar refractivity (Wildman–Crippen MR) is 127 cm³/mol. The van der Waals surface area contributed by atoms with Gasteiger partial charge in [-0.25, -0.2) is 8.42 Å². The summed E-state index contributed by atoms with van der Waals surface area (Å²) in [7, 11) is -2.24. The second-order valence-corrected chi connectivity index (χ2v) is 8.70. The number of sulfonamides is 1. The summed E-state index contributed by atoms with van der Waals surface area (Å²) in [5.74, 6) is 1.40. The third-order valence-corrected chi connectivity index (χ3v) is 5.97. The van der Waals surface area contributed by atoms with E-state index in [1.807, 2.05) is 6.92 Å². The van der Waals surface area contributed by atoms with E-state index < -0.39 is 16.1 Å². The van der Waals surface area contributed by atoms with Gasteiger partial charge < -0.3 is 19.5 Å². The van der Waals surface area contributed by atoms with Crippen LogP contribution in [-0.4, -0.2) is 34.1 Å². The van der Waals surface area contributed by atoms with Crippen LogP contribution in [0.3, 0.4) is 0 Å². The first-order valence-electron chi connectivity index (χ1n) is 10.3. The minimum atomic E-state index is -3.79. The molecule has 0 unspecified atom stereocenters. The largest absolute Gasteiger partial charge is 0.497 e. The van der Waals surface area contributed by atoms with Gasteiger partial charge in [-0.05, 0) is 74.5 Å². The van der Waals surface area contributed by atoms with E-state index in [0.717, 1.165) is 0 Å². The van der Waals surface area contributed by atoms with Crippen molar-refractivity contribution in [3.8, 4) is 17.2 Å². The first-order chi connectivity index (χ1) is 15.8. The van der Waals surface area contributed by atoms with E-state index in [1.54, 1.807) is 62.6 Å². The SMILES string of the molecule is CCOc1ccc(NS(=O)(=O)c2ccc(NC(=O)[C@H](C)Oc3cccc(OC)c3)cc2)cc1. The molecule has 3 rings (SSSR count). The lowest BCUT2D eigenvalue weighted by Crippen LogP contribution is -2.30. The minimum absolute atomic E-state index is 0.0649. The molecule has 3 aromatic carbocycles. The van der Waals surface area contributed by atoms with Crippen LogP contribution in [0, 0.1) is 0 Å². The number of hydrogen-bond donors (Lipinski definition) is 2. The fraction of sp³-hybridized carbons (Fsp3) is 0.208. The lowest BCUT2D eigenvalue weighted by molar-refractivity contribution is -0.122. The van der Waals surface area contributed by atoms with Crippen molar-refractivity contribution in [3.05, 3.63) is 72.8 Å². The Bertz CT molecular complexity index is 1180. The molecule has 3 aromatic rings. The Morgan fingerprint density at radius 3 is 2.18 bits per heavy atom. The van der Waals surface area contributed by atoms with Crippen LogP contribution >= 0.6 is 0 Å². The van der Waals surface area contributed by atoms with Gasteiger partial charge in [0.1, 0.15) is 17.2 Å². The molecule has 174 valence electrons. The standard InChI is InChI=1S/C24H26N2O6S/c1-4-31-20-12-8-19(9-13-20)26-33(28,29)23-14-10-18(11-15-23)25-24(27)17(2)32-22-7-5-6-21(16-22)30-3/h5-17,26H,4H2,1-3H3,(H,25,27)/t17-/m0/s1. The Kier molecular flexibility index (Phi) is 7.78. The second-order valence-electron chi connectivity index (χ2n) is 7.02. The van der Waals surface area contributed by atoms with Crippen molar-refractivity contribution in [1.29, 1.82) is 0 Å². The van der Waals surface area contributed by atoms with Crippen molar-refractivity contribution in [3.63, 3.8) is 0 Å². The molecule has 8 nitrogen and oxygen atoms in total. The first kappa shape index (κ1) is 23.9. The normalized spacial score (nSPS) is 11.8. The third kappa shape index (κ3) is 6.63. The fourth-order valence-electron chi connectivity index (χ4n) is 2.89. The molecule has 0 fully saturated rings. The van der Waals surface area contributed by atoms with E-state index in [0.29, 0.717) is 35.2 Å². The highest BCUT2D eigenvalue weighted by atomic mass is 32.2. The molecule has 0 saturated heterocycles. The van der Waals surface area contributed by atoms with E-state index in [1.165, 1.54) is 24.3 Å².